The fourth-order valence-corrected chi connectivity index (χ4v) is 2.89. The lowest BCUT2D eigenvalue weighted by Crippen LogP contribution is -2.33. The smallest absolute Gasteiger partial charge is 0.271 e. The van der Waals surface area contributed by atoms with Crippen LogP contribution in [0.1, 0.15) is 42.4 Å². The van der Waals surface area contributed by atoms with Gasteiger partial charge in [0, 0.05) is 13.1 Å². The zero-order valence-corrected chi connectivity index (χ0v) is 13.4. The van der Waals surface area contributed by atoms with Gasteiger partial charge in [-0.25, -0.2) is 0 Å². The number of hydrogen-bond acceptors (Lipinski definition) is 4. The summed E-state index contributed by atoms with van der Waals surface area (Å²) in [6, 6.07) is 0. The fraction of sp³-hybridized carbons (Fsp3) is 0.733. The highest BCUT2D eigenvalue weighted by molar-refractivity contribution is 5.97. The lowest BCUT2D eigenvalue weighted by Gasteiger charge is -2.28. The molecule has 1 aromatic rings. The number of amides is 1. The summed E-state index contributed by atoms with van der Waals surface area (Å²) in [7, 11) is 2.16. The summed E-state index contributed by atoms with van der Waals surface area (Å²) >= 11 is 0. The third kappa shape index (κ3) is 3.75. The molecule has 0 unspecified atom stereocenters. The van der Waals surface area contributed by atoms with Crippen molar-refractivity contribution in [3.8, 4) is 0 Å². The Balaban J connectivity index is 1.85. The van der Waals surface area contributed by atoms with Gasteiger partial charge in [0.1, 0.15) is 5.69 Å². The number of nitrogens with zero attached hydrogens (tertiary/aromatic N) is 3. The number of carbonyl (C=O) groups is 1. The highest BCUT2D eigenvalue weighted by Gasteiger charge is 2.20. The van der Waals surface area contributed by atoms with Crippen LogP contribution in [0.4, 0.5) is 5.69 Å². The first-order chi connectivity index (χ1) is 10.0. The minimum atomic E-state index is -0.108. The molecule has 0 aromatic carbocycles. The Hall–Kier alpha value is -1.56. The van der Waals surface area contributed by atoms with Gasteiger partial charge in [0.2, 0.25) is 0 Å². The first-order valence-corrected chi connectivity index (χ1v) is 7.82. The van der Waals surface area contributed by atoms with Crippen LogP contribution in [0.25, 0.3) is 0 Å². The van der Waals surface area contributed by atoms with Gasteiger partial charge in [0.05, 0.1) is 11.4 Å². The molecule has 2 heterocycles. The van der Waals surface area contributed by atoms with Crippen molar-refractivity contribution in [3.63, 3.8) is 0 Å². The van der Waals surface area contributed by atoms with Gasteiger partial charge in [-0.1, -0.05) is 0 Å². The molecule has 1 aliphatic rings. The number of aromatic nitrogens is 2. The fourth-order valence-electron chi connectivity index (χ4n) is 2.89. The van der Waals surface area contributed by atoms with E-state index in [1.807, 2.05) is 13.8 Å². The Labute approximate surface area is 126 Å². The molecule has 21 heavy (non-hydrogen) atoms. The molecule has 2 rings (SSSR count). The molecule has 1 fully saturated rings. The number of piperidine rings is 1. The van der Waals surface area contributed by atoms with E-state index in [9.17, 15) is 4.79 Å². The second-order valence-corrected chi connectivity index (χ2v) is 5.95. The predicted molar refractivity (Wildman–Crippen MR) is 84.2 cm³/mol. The van der Waals surface area contributed by atoms with Crippen molar-refractivity contribution in [2.45, 2.75) is 39.7 Å². The number of hydrogen-bond donors (Lipinski definition) is 2. The van der Waals surface area contributed by atoms with Gasteiger partial charge in [0.15, 0.2) is 0 Å². The number of rotatable bonds is 5. The van der Waals surface area contributed by atoms with Gasteiger partial charge in [-0.3, -0.25) is 9.48 Å². The molecule has 1 saturated heterocycles. The van der Waals surface area contributed by atoms with Crippen LogP contribution in [0.3, 0.4) is 0 Å². The second-order valence-electron chi connectivity index (χ2n) is 5.95. The van der Waals surface area contributed by atoms with Crippen LogP contribution >= 0.6 is 0 Å². The molecule has 0 radical (unpaired) electrons. The number of nitrogens with one attached hydrogen (secondary N) is 1. The van der Waals surface area contributed by atoms with E-state index in [0.29, 0.717) is 24.5 Å². The number of nitrogens with two attached hydrogens (primary N) is 1. The van der Waals surface area contributed by atoms with Gasteiger partial charge >= 0.3 is 0 Å². The van der Waals surface area contributed by atoms with Gasteiger partial charge in [-0.05, 0) is 59.2 Å². The standard InChI is InChI=1S/C15H27N5O/c1-4-20-14(13(16)11(2)18-20)15(21)17-8-5-12-6-9-19(3)10-7-12/h12H,4-10,16H2,1-3H3,(H,17,21). The van der Waals surface area contributed by atoms with Gasteiger partial charge in [-0.15, -0.1) is 0 Å². The second kappa shape index (κ2) is 6.93. The van der Waals surface area contributed by atoms with E-state index in [1.165, 1.54) is 12.8 Å². The largest absolute Gasteiger partial charge is 0.395 e. The molecule has 1 aromatic heterocycles. The summed E-state index contributed by atoms with van der Waals surface area (Å²) in [6.07, 6.45) is 3.49. The Kier molecular flexibility index (Phi) is 5.22. The number of likely N-dealkylation sites (tertiary alicyclic amines) is 1. The van der Waals surface area contributed by atoms with Gasteiger partial charge in [0.25, 0.3) is 5.91 Å². The van der Waals surface area contributed by atoms with Crippen LogP contribution in [0.2, 0.25) is 0 Å². The maximum atomic E-state index is 12.3. The van der Waals surface area contributed by atoms with Crippen molar-refractivity contribution in [1.82, 2.24) is 20.0 Å². The number of anilines is 1. The number of aryl methyl sites for hydroxylation is 2. The topological polar surface area (TPSA) is 76.2 Å². The van der Waals surface area contributed by atoms with Crippen LogP contribution in [0.5, 0.6) is 0 Å². The average Bonchev–Trinajstić information content (AvgIpc) is 2.76. The highest BCUT2D eigenvalue weighted by Crippen LogP contribution is 2.19. The first kappa shape index (κ1) is 15.8. The normalized spacial score (nSPS) is 17.1. The van der Waals surface area contributed by atoms with Crippen molar-refractivity contribution in [2.75, 3.05) is 32.4 Å². The van der Waals surface area contributed by atoms with Crippen LogP contribution in [0, 0.1) is 12.8 Å². The van der Waals surface area contributed by atoms with E-state index in [2.05, 4.69) is 22.4 Å². The van der Waals surface area contributed by atoms with E-state index in [4.69, 9.17) is 5.73 Å². The highest BCUT2D eigenvalue weighted by atomic mass is 16.2. The van der Waals surface area contributed by atoms with E-state index < -0.39 is 0 Å². The summed E-state index contributed by atoms with van der Waals surface area (Å²) in [4.78, 5) is 14.7. The third-order valence-corrected chi connectivity index (χ3v) is 4.36. The van der Waals surface area contributed by atoms with Crippen LogP contribution in [-0.4, -0.2) is 47.3 Å². The van der Waals surface area contributed by atoms with Crippen molar-refractivity contribution in [3.05, 3.63) is 11.4 Å². The average molecular weight is 293 g/mol. The maximum Gasteiger partial charge on any atom is 0.271 e. The third-order valence-electron chi connectivity index (χ3n) is 4.36. The van der Waals surface area contributed by atoms with Crippen LogP contribution in [0.15, 0.2) is 0 Å². The monoisotopic (exact) mass is 293 g/mol. The molecule has 6 heteroatoms. The Morgan fingerprint density at radius 3 is 2.71 bits per heavy atom. The van der Waals surface area contributed by atoms with E-state index >= 15 is 0 Å². The van der Waals surface area contributed by atoms with Crippen molar-refractivity contribution in [1.29, 1.82) is 0 Å². The summed E-state index contributed by atoms with van der Waals surface area (Å²) in [5.41, 5.74) is 7.67. The summed E-state index contributed by atoms with van der Waals surface area (Å²) in [5, 5.41) is 7.27. The Morgan fingerprint density at radius 1 is 1.43 bits per heavy atom. The quantitative estimate of drug-likeness (QED) is 0.857. The lowest BCUT2D eigenvalue weighted by atomic mass is 9.94. The molecule has 0 saturated carbocycles. The lowest BCUT2D eigenvalue weighted by molar-refractivity contribution is 0.0939. The van der Waals surface area contributed by atoms with Crippen LogP contribution < -0.4 is 11.1 Å². The van der Waals surface area contributed by atoms with E-state index in [-0.39, 0.29) is 5.91 Å². The number of nitrogen functional groups attached to an aromatic ring is 1. The minimum absolute atomic E-state index is 0.108. The summed E-state index contributed by atoms with van der Waals surface area (Å²) in [6.45, 7) is 7.47. The molecule has 0 spiro atoms. The molecule has 6 nitrogen and oxygen atoms in total. The molecule has 0 bridgehead atoms. The first-order valence-electron chi connectivity index (χ1n) is 7.82. The molecule has 118 valence electrons. The van der Waals surface area contributed by atoms with Crippen molar-refractivity contribution >= 4 is 11.6 Å². The van der Waals surface area contributed by atoms with E-state index in [1.54, 1.807) is 4.68 Å². The SMILES string of the molecule is CCn1nc(C)c(N)c1C(=O)NCCC1CCN(C)CC1. The minimum Gasteiger partial charge on any atom is -0.395 e. The Morgan fingerprint density at radius 2 is 2.10 bits per heavy atom. The zero-order valence-electron chi connectivity index (χ0n) is 13.4. The number of carbonyl (C=O) groups excluding carboxylic acids is 1. The molecule has 3 N–H and O–H groups in total. The van der Waals surface area contributed by atoms with Crippen molar-refractivity contribution < 1.29 is 4.79 Å². The van der Waals surface area contributed by atoms with Gasteiger partial charge in [-0.2, -0.15) is 5.10 Å². The molecule has 0 atom stereocenters. The molecule has 1 amide bonds. The molecular weight excluding hydrogens is 266 g/mol. The van der Waals surface area contributed by atoms with Crippen molar-refractivity contribution in [2.24, 2.45) is 5.92 Å². The predicted octanol–water partition coefficient (Wildman–Crippen LogP) is 1.26. The van der Waals surface area contributed by atoms with E-state index in [0.717, 1.165) is 31.1 Å². The molecule has 0 aliphatic carbocycles. The maximum absolute atomic E-state index is 12.3. The summed E-state index contributed by atoms with van der Waals surface area (Å²) in [5.74, 6) is 0.611. The van der Waals surface area contributed by atoms with Crippen LogP contribution in [-0.2, 0) is 6.54 Å². The Bertz CT molecular complexity index is 488. The van der Waals surface area contributed by atoms with Gasteiger partial charge < -0.3 is 16.0 Å². The molecular formula is C15H27N5O. The zero-order chi connectivity index (χ0) is 15.4. The molecule has 1 aliphatic heterocycles. The summed E-state index contributed by atoms with van der Waals surface area (Å²) < 4.78 is 1.68.